The third kappa shape index (κ3) is 4.05. The molecule has 2 rings (SSSR count). The molecular weight excluding hydrogens is 250 g/mol. The minimum atomic E-state index is 0.211. The maximum atomic E-state index is 12.4. The molecular formula is C16H25N3O. The number of nitrogens with zero attached hydrogens (tertiary/aromatic N) is 2. The van der Waals surface area contributed by atoms with Crippen LogP contribution in [-0.2, 0) is 11.3 Å². The van der Waals surface area contributed by atoms with Crippen LogP contribution in [0.3, 0.4) is 0 Å². The zero-order valence-corrected chi connectivity index (χ0v) is 12.5. The first-order chi connectivity index (χ1) is 9.56. The molecule has 1 aromatic carbocycles. The van der Waals surface area contributed by atoms with Crippen LogP contribution in [0.4, 0.5) is 0 Å². The monoisotopic (exact) mass is 275 g/mol. The second-order valence-electron chi connectivity index (χ2n) is 5.88. The Kier molecular flexibility index (Phi) is 5.15. The number of nitrogens with two attached hydrogens (primary N) is 1. The van der Waals surface area contributed by atoms with Gasteiger partial charge in [0.2, 0.25) is 5.91 Å². The maximum Gasteiger partial charge on any atom is 0.236 e. The molecule has 2 N–H and O–H groups in total. The number of hydrogen-bond acceptors (Lipinski definition) is 3. The summed E-state index contributed by atoms with van der Waals surface area (Å²) in [4.78, 5) is 16.4. The van der Waals surface area contributed by atoms with Crippen molar-refractivity contribution < 1.29 is 4.79 Å². The van der Waals surface area contributed by atoms with Gasteiger partial charge in [0.05, 0.1) is 6.54 Å². The van der Waals surface area contributed by atoms with Crippen molar-refractivity contribution in [1.29, 1.82) is 0 Å². The summed E-state index contributed by atoms with van der Waals surface area (Å²) in [5.74, 6) is 0.211. The van der Waals surface area contributed by atoms with Crippen molar-refractivity contribution in [2.75, 3.05) is 20.1 Å². The van der Waals surface area contributed by atoms with Crippen LogP contribution in [-0.4, -0.2) is 47.9 Å². The largest absolute Gasteiger partial charge is 0.339 e. The van der Waals surface area contributed by atoms with Crippen molar-refractivity contribution in [3.05, 3.63) is 35.9 Å². The third-order valence-electron chi connectivity index (χ3n) is 3.94. The molecule has 20 heavy (non-hydrogen) atoms. The van der Waals surface area contributed by atoms with Gasteiger partial charge in [-0.05, 0) is 32.4 Å². The van der Waals surface area contributed by atoms with Gasteiger partial charge in [-0.1, -0.05) is 30.3 Å². The molecule has 0 aromatic heterocycles. The molecule has 0 saturated carbocycles. The van der Waals surface area contributed by atoms with Gasteiger partial charge in [0, 0.05) is 25.2 Å². The quantitative estimate of drug-likeness (QED) is 0.905. The average Bonchev–Trinajstić information content (AvgIpc) is 2.39. The van der Waals surface area contributed by atoms with Gasteiger partial charge in [0.1, 0.15) is 0 Å². The van der Waals surface area contributed by atoms with Crippen LogP contribution >= 0.6 is 0 Å². The van der Waals surface area contributed by atoms with Gasteiger partial charge in [0.15, 0.2) is 0 Å². The Morgan fingerprint density at radius 2 is 2.10 bits per heavy atom. The predicted octanol–water partition coefficient (Wildman–Crippen LogP) is 1.46. The number of likely N-dealkylation sites (N-methyl/N-ethyl adjacent to an activating group) is 1. The SMILES string of the molecule is C[C@H]1C[C@@H](N)CCN1C(=O)CN(C)Cc1ccccc1. The third-order valence-corrected chi connectivity index (χ3v) is 3.94. The van der Waals surface area contributed by atoms with Crippen molar-refractivity contribution in [3.63, 3.8) is 0 Å². The zero-order chi connectivity index (χ0) is 14.5. The van der Waals surface area contributed by atoms with E-state index in [4.69, 9.17) is 5.73 Å². The molecule has 1 aliphatic rings. The molecule has 0 unspecified atom stereocenters. The molecule has 1 heterocycles. The molecule has 4 heteroatoms. The van der Waals surface area contributed by atoms with Gasteiger partial charge in [0.25, 0.3) is 0 Å². The first-order valence-corrected chi connectivity index (χ1v) is 7.34. The molecule has 0 aliphatic carbocycles. The van der Waals surface area contributed by atoms with Crippen LogP contribution in [0.1, 0.15) is 25.3 Å². The highest BCUT2D eigenvalue weighted by Crippen LogP contribution is 2.16. The van der Waals surface area contributed by atoms with Crippen molar-refractivity contribution in [1.82, 2.24) is 9.80 Å². The lowest BCUT2D eigenvalue weighted by atomic mass is 9.99. The van der Waals surface area contributed by atoms with E-state index >= 15 is 0 Å². The second-order valence-corrected chi connectivity index (χ2v) is 5.88. The number of likely N-dealkylation sites (tertiary alicyclic amines) is 1. The van der Waals surface area contributed by atoms with E-state index in [2.05, 4.69) is 24.0 Å². The van der Waals surface area contributed by atoms with E-state index in [9.17, 15) is 4.79 Å². The van der Waals surface area contributed by atoms with Gasteiger partial charge in [-0.25, -0.2) is 0 Å². The van der Waals surface area contributed by atoms with E-state index in [1.807, 2.05) is 30.1 Å². The molecule has 0 radical (unpaired) electrons. The summed E-state index contributed by atoms with van der Waals surface area (Å²) in [6.07, 6.45) is 1.83. The smallest absolute Gasteiger partial charge is 0.236 e. The van der Waals surface area contributed by atoms with Gasteiger partial charge < -0.3 is 10.6 Å². The number of benzene rings is 1. The summed E-state index contributed by atoms with van der Waals surface area (Å²) in [5, 5.41) is 0. The fraction of sp³-hybridized carbons (Fsp3) is 0.562. The molecule has 1 aliphatic heterocycles. The Labute approximate surface area is 121 Å². The van der Waals surface area contributed by atoms with Gasteiger partial charge in [-0.15, -0.1) is 0 Å². The number of amides is 1. The summed E-state index contributed by atoms with van der Waals surface area (Å²) >= 11 is 0. The van der Waals surface area contributed by atoms with Crippen molar-refractivity contribution >= 4 is 5.91 Å². The van der Waals surface area contributed by atoms with Crippen molar-refractivity contribution in [2.45, 2.75) is 38.4 Å². The normalized spacial score (nSPS) is 23.1. The molecule has 4 nitrogen and oxygen atoms in total. The Bertz CT molecular complexity index is 435. The van der Waals surface area contributed by atoms with Gasteiger partial charge in [-0.2, -0.15) is 0 Å². The summed E-state index contributed by atoms with van der Waals surface area (Å²) in [6.45, 7) is 4.15. The van der Waals surface area contributed by atoms with E-state index in [-0.39, 0.29) is 18.0 Å². The van der Waals surface area contributed by atoms with Crippen molar-refractivity contribution in [3.8, 4) is 0 Å². The van der Waals surface area contributed by atoms with E-state index in [0.717, 1.165) is 25.9 Å². The van der Waals surface area contributed by atoms with Crippen LogP contribution in [0.25, 0.3) is 0 Å². The number of piperidine rings is 1. The highest BCUT2D eigenvalue weighted by atomic mass is 16.2. The Morgan fingerprint density at radius 3 is 2.75 bits per heavy atom. The Hall–Kier alpha value is -1.39. The first kappa shape index (κ1) is 15.0. The molecule has 0 bridgehead atoms. The molecule has 2 atom stereocenters. The van der Waals surface area contributed by atoms with E-state index in [0.29, 0.717) is 6.54 Å². The fourth-order valence-corrected chi connectivity index (χ4v) is 2.85. The number of carbonyl (C=O) groups is 1. The van der Waals surface area contributed by atoms with E-state index in [1.165, 1.54) is 5.56 Å². The van der Waals surface area contributed by atoms with Crippen LogP contribution in [0, 0.1) is 0 Å². The summed E-state index contributed by atoms with van der Waals surface area (Å²) in [7, 11) is 1.99. The van der Waals surface area contributed by atoms with Crippen LogP contribution in [0.2, 0.25) is 0 Å². The molecule has 1 amide bonds. The minimum absolute atomic E-state index is 0.211. The highest BCUT2D eigenvalue weighted by molar-refractivity contribution is 5.78. The number of hydrogen-bond donors (Lipinski definition) is 1. The number of rotatable bonds is 4. The number of carbonyl (C=O) groups excluding carboxylic acids is 1. The van der Waals surface area contributed by atoms with E-state index < -0.39 is 0 Å². The van der Waals surface area contributed by atoms with Gasteiger partial charge >= 0.3 is 0 Å². The van der Waals surface area contributed by atoms with E-state index in [1.54, 1.807) is 0 Å². The average molecular weight is 275 g/mol. The molecule has 1 aromatic rings. The highest BCUT2D eigenvalue weighted by Gasteiger charge is 2.27. The Morgan fingerprint density at radius 1 is 1.40 bits per heavy atom. The predicted molar refractivity (Wildman–Crippen MR) is 81.2 cm³/mol. The summed E-state index contributed by atoms with van der Waals surface area (Å²) < 4.78 is 0. The standard InChI is InChI=1S/C16H25N3O/c1-13-10-15(17)8-9-19(13)16(20)12-18(2)11-14-6-4-3-5-7-14/h3-7,13,15H,8-12,17H2,1-2H3/t13-,15-/m0/s1. The lowest BCUT2D eigenvalue weighted by Gasteiger charge is -2.37. The zero-order valence-electron chi connectivity index (χ0n) is 12.5. The maximum absolute atomic E-state index is 12.4. The lowest BCUT2D eigenvalue weighted by molar-refractivity contribution is -0.135. The van der Waals surface area contributed by atoms with Crippen LogP contribution in [0.5, 0.6) is 0 Å². The fourth-order valence-electron chi connectivity index (χ4n) is 2.85. The lowest BCUT2D eigenvalue weighted by Crippen LogP contribution is -2.50. The first-order valence-electron chi connectivity index (χ1n) is 7.34. The van der Waals surface area contributed by atoms with Crippen LogP contribution < -0.4 is 5.73 Å². The minimum Gasteiger partial charge on any atom is -0.339 e. The second kappa shape index (κ2) is 6.86. The summed E-state index contributed by atoms with van der Waals surface area (Å²) in [6, 6.07) is 10.7. The molecule has 110 valence electrons. The van der Waals surface area contributed by atoms with Crippen molar-refractivity contribution in [2.24, 2.45) is 5.73 Å². The molecule has 1 fully saturated rings. The topological polar surface area (TPSA) is 49.6 Å². The molecule has 0 spiro atoms. The molecule has 1 saturated heterocycles. The Balaban J connectivity index is 1.84. The van der Waals surface area contributed by atoms with Crippen LogP contribution in [0.15, 0.2) is 30.3 Å². The van der Waals surface area contributed by atoms with Gasteiger partial charge in [-0.3, -0.25) is 9.69 Å². The summed E-state index contributed by atoms with van der Waals surface area (Å²) in [5.41, 5.74) is 7.18.